The van der Waals surface area contributed by atoms with Crippen molar-refractivity contribution < 1.29 is 9.47 Å². The van der Waals surface area contributed by atoms with E-state index in [4.69, 9.17) is 9.47 Å². The zero-order valence-electron chi connectivity index (χ0n) is 11.0. The predicted octanol–water partition coefficient (Wildman–Crippen LogP) is 3.65. The number of hydrogen-bond acceptors (Lipinski definition) is 5. The molecule has 4 nitrogen and oxygen atoms in total. The van der Waals surface area contributed by atoms with Gasteiger partial charge in [0.2, 0.25) is 5.79 Å². The summed E-state index contributed by atoms with van der Waals surface area (Å²) in [4.78, 5) is 5.26. The van der Waals surface area contributed by atoms with Crippen LogP contribution in [0, 0.1) is 0 Å². The van der Waals surface area contributed by atoms with Gasteiger partial charge in [-0.3, -0.25) is 4.98 Å². The third kappa shape index (κ3) is 2.51. The van der Waals surface area contributed by atoms with Crippen LogP contribution in [0.25, 0.3) is 0 Å². The molecule has 1 aromatic heterocycles. The van der Waals surface area contributed by atoms with Crippen LogP contribution in [0.3, 0.4) is 0 Å². The van der Waals surface area contributed by atoms with Gasteiger partial charge >= 0.3 is 0 Å². The SMILES string of the molecule is CC[C@]1(C)Oc2ccc(NCc3cncs3)cc2O1. The molecular weight excluding hydrogens is 260 g/mol. The Hall–Kier alpha value is -1.75. The highest BCUT2D eigenvalue weighted by Crippen LogP contribution is 2.42. The van der Waals surface area contributed by atoms with Gasteiger partial charge in [-0.1, -0.05) is 6.92 Å². The maximum absolute atomic E-state index is 5.85. The van der Waals surface area contributed by atoms with Gasteiger partial charge in [-0.25, -0.2) is 0 Å². The fraction of sp³-hybridized carbons (Fsp3) is 0.357. The summed E-state index contributed by atoms with van der Waals surface area (Å²) in [5.74, 6) is 1.09. The Morgan fingerprint density at radius 3 is 2.89 bits per heavy atom. The first kappa shape index (κ1) is 12.3. The summed E-state index contributed by atoms with van der Waals surface area (Å²) in [6.45, 7) is 4.78. The standard InChI is InChI=1S/C14H16N2O2S/c1-3-14(2)17-12-5-4-10(6-13(12)18-14)16-8-11-7-15-9-19-11/h4-7,9,16H,3,8H2,1-2H3/t14-/m1/s1. The van der Waals surface area contributed by atoms with Crippen molar-refractivity contribution in [3.63, 3.8) is 0 Å². The van der Waals surface area contributed by atoms with Crippen LogP contribution in [0.2, 0.25) is 0 Å². The summed E-state index contributed by atoms with van der Waals surface area (Å²) in [6, 6.07) is 5.94. The van der Waals surface area contributed by atoms with Gasteiger partial charge in [0.05, 0.1) is 12.1 Å². The Labute approximate surface area is 116 Å². The van der Waals surface area contributed by atoms with Crippen LogP contribution in [-0.4, -0.2) is 10.8 Å². The first-order chi connectivity index (χ1) is 9.18. The molecule has 0 radical (unpaired) electrons. The summed E-state index contributed by atoms with van der Waals surface area (Å²) in [5, 5.41) is 3.36. The van der Waals surface area contributed by atoms with E-state index in [9.17, 15) is 0 Å². The Morgan fingerprint density at radius 2 is 2.16 bits per heavy atom. The largest absolute Gasteiger partial charge is 0.449 e. The summed E-state index contributed by atoms with van der Waals surface area (Å²) >= 11 is 1.64. The number of rotatable bonds is 4. The Balaban J connectivity index is 1.71. The van der Waals surface area contributed by atoms with Crippen molar-refractivity contribution >= 4 is 17.0 Å². The van der Waals surface area contributed by atoms with Crippen LogP contribution in [0.4, 0.5) is 5.69 Å². The molecule has 19 heavy (non-hydrogen) atoms. The van der Waals surface area contributed by atoms with E-state index in [2.05, 4.69) is 17.2 Å². The first-order valence-corrected chi connectivity index (χ1v) is 7.20. The van der Waals surface area contributed by atoms with E-state index >= 15 is 0 Å². The second-order valence-electron chi connectivity index (χ2n) is 4.67. The van der Waals surface area contributed by atoms with Gasteiger partial charge in [0.1, 0.15) is 0 Å². The number of nitrogens with one attached hydrogen (secondary N) is 1. The maximum atomic E-state index is 5.85. The first-order valence-electron chi connectivity index (χ1n) is 6.32. The zero-order valence-corrected chi connectivity index (χ0v) is 11.8. The molecule has 0 saturated heterocycles. The lowest BCUT2D eigenvalue weighted by atomic mass is 10.2. The normalized spacial score (nSPS) is 20.5. The van der Waals surface area contributed by atoms with E-state index in [0.717, 1.165) is 30.2 Å². The van der Waals surface area contributed by atoms with E-state index in [-0.39, 0.29) is 0 Å². The minimum Gasteiger partial charge on any atom is -0.449 e. The number of fused-ring (bicyclic) bond motifs is 1. The number of ether oxygens (including phenoxy) is 2. The van der Waals surface area contributed by atoms with E-state index < -0.39 is 5.79 Å². The lowest BCUT2D eigenvalue weighted by molar-refractivity contribution is -0.0640. The average molecular weight is 276 g/mol. The maximum Gasteiger partial charge on any atom is 0.248 e. The molecule has 0 bridgehead atoms. The quantitative estimate of drug-likeness (QED) is 0.925. The molecule has 5 heteroatoms. The third-order valence-electron chi connectivity index (χ3n) is 3.19. The smallest absolute Gasteiger partial charge is 0.248 e. The van der Waals surface area contributed by atoms with Gasteiger partial charge in [0, 0.05) is 36.2 Å². The Morgan fingerprint density at radius 1 is 1.32 bits per heavy atom. The Bertz CT molecular complexity index is 571. The predicted molar refractivity (Wildman–Crippen MR) is 75.8 cm³/mol. The average Bonchev–Trinajstić information content (AvgIpc) is 3.02. The van der Waals surface area contributed by atoms with Crippen molar-refractivity contribution in [2.45, 2.75) is 32.6 Å². The number of thiazole rings is 1. The van der Waals surface area contributed by atoms with Crippen molar-refractivity contribution in [1.29, 1.82) is 0 Å². The van der Waals surface area contributed by atoms with E-state index in [1.165, 1.54) is 4.88 Å². The molecule has 3 rings (SSSR count). The lowest BCUT2D eigenvalue weighted by Gasteiger charge is -2.20. The molecule has 1 atom stereocenters. The molecule has 100 valence electrons. The highest BCUT2D eigenvalue weighted by molar-refractivity contribution is 7.09. The van der Waals surface area contributed by atoms with E-state index in [1.807, 2.05) is 36.8 Å². The van der Waals surface area contributed by atoms with Crippen molar-refractivity contribution in [1.82, 2.24) is 4.98 Å². The van der Waals surface area contributed by atoms with Crippen molar-refractivity contribution in [2.75, 3.05) is 5.32 Å². The van der Waals surface area contributed by atoms with Crippen molar-refractivity contribution in [3.05, 3.63) is 34.8 Å². The second kappa shape index (κ2) is 4.74. The van der Waals surface area contributed by atoms with Crippen LogP contribution >= 0.6 is 11.3 Å². The second-order valence-corrected chi connectivity index (χ2v) is 5.65. The number of anilines is 1. The molecule has 1 N–H and O–H groups in total. The minimum absolute atomic E-state index is 0.529. The highest BCUT2D eigenvalue weighted by Gasteiger charge is 2.34. The molecule has 0 saturated carbocycles. The zero-order chi connectivity index (χ0) is 13.3. The van der Waals surface area contributed by atoms with Gasteiger partial charge in [-0.15, -0.1) is 11.3 Å². The Kier molecular flexibility index (Phi) is 3.06. The lowest BCUT2D eigenvalue weighted by Crippen LogP contribution is -2.33. The van der Waals surface area contributed by atoms with Crippen LogP contribution in [0.5, 0.6) is 11.5 Å². The number of benzene rings is 1. The fourth-order valence-electron chi connectivity index (χ4n) is 1.93. The summed E-state index contributed by atoms with van der Waals surface area (Å²) < 4.78 is 11.6. The van der Waals surface area contributed by atoms with Gasteiger partial charge in [0.15, 0.2) is 11.5 Å². The minimum atomic E-state index is -0.529. The van der Waals surface area contributed by atoms with Crippen molar-refractivity contribution in [3.8, 4) is 11.5 Å². The van der Waals surface area contributed by atoms with Gasteiger partial charge in [0.25, 0.3) is 0 Å². The van der Waals surface area contributed by atoms with E-state index in [0.29, 0.717) is 0 Å². The number of aromatic nitrogens is 1. The third-order valence-corrected chi connectivity index (χ3v) is 3.97. The van der Waals surface area contributed by atoms with Gasteiger partial charge < -0.3 is 14.8 Å². The highest BCUT2D eigenvalue weighted by atomic mass is 32.1. The van der Waals surface area contributed by atoms with Crippen LogP contribution in [-0.2, 0) is 6.54 Å². The molecular formula is C14H16N2O2S. The molecule has 0 aliphatic carbocycles. The van der Waals surface area contributed by atoms with Gasteiger partial charge in [-0.2, -0.15) is 0 Å². The van der Waals surface area contributed by atoms with Crippen LogP contribution in [0.1, 0.15) is 25.1 Å². The molecule has 2 aromatic rings. The fourth-order valence-corrected chi connectivity index (χ4v) is 2.47. The van der Waals surface area contributed by atoms with Crippen molar-refractivity contribution in [2.24, 2.45) is 0 Å². The summed E-state index contributed by atoms with van der Waals surface area (Å²) in [6.07, 6.45) is 2.68. The summed E-state index contributed by atoms with van der Waals surface area (Å²) in [5.41, 5.74) is 2.86. The molecule has 0 amide bonds. The number of hydrogen-bond donors (Lipinski definition) is 1. The molecule has 1 aliphatic rings. The van der Waals surface area contributed by atoms with E-state index in [1.54, 1.807) is 11.3 Å². The summed E-state index contributed by atoms with van der Waals surface area (Å²) in [7, 11) is 0. The number of nitrogens with zero attached hydrogens (tertiary/aromatic N) is 1. The topological polar surface area (TPSA) is 43.4 Å². The molecule has 0 fully saturated rings. The molecule has 0 unspecified atom stereocenters. The van der Waals surface area contributed by atoms with Crippen LogP contribution in [0.15, 0.2) is 29.9 Å². The van der Waals surface area contributed by atoms with Crippen LogP contribution < -0.4 is 14.8 Å². The molecule has 1 aliphatic heterocycles. The molecule has 1 aromatic carbocycles. The monoisotopic (exact) mass is 276 g/mol. The van der Waals surface area contributed by atoms with Gasteiger partial charge in [-0.05, 0) is 12.1 Å². The molecule has 2 heterocycles. The molecule has 0 spiro atoms.